The van der Waals surface area contributed by atoms with Gasteiger partial charge in [-0.15, -0.1) is 0 Å². The number of hydrogen-bond donors (Lipinski definition) is 1. The highest BCUT2D eigenvalue weighted by Gasteiger charge is 2.32. The number of nitrogens with zero attached hydrogens (tertiary/aromatic N) is 2. The van der Waals surface area contributed by atoms with E-state index in [1.54, 1.807) is 0 Å². The van der Waals surface area contributed by atoms with Crippen LogP contribution in [-0.4, -0.2) is 30.0 Å². The predicted octanol–water partition coefficient (Wildman–Crippen LogP) is 2.37. The molecule has 2 rings (SSSR count). The van der Waals surface area contributed by atoms with Crippen molar-refractivity contribution >= 4 is 5.96 Å². The van der Waals surface area contributed by atoms with Gasteiger partial charge in [0.05, 0.1) is 12.6 Å². The summed E-state index contributed by atoms with van der Waals surface area (Å²) >= 11 is 0. The molecule has 1 aliphatic carbocycles. The van der Waals surface area contributed by atoms with E-state index in [2.05, 4.69) is 16.8 Å². The second-order valence-electron chi connectivity index (χ2n) is 5.21. The summed E-state index contributed by atoms with van der Waals surface area (Å²) in [5.74, 6) is 1.62. The van der Waals surface area contributed by atoms with Crippen molar-refractivity contribution in [2.75, 3.05) is 13.1 Å². The highest BCUT2D eigenvalue weighted by Crippen LogP contribution is 2.30. The molecular weight excluding hydrogens is 198 g/mol. The minimum Gasteiger partial charge on any atom is -0.370 e. The predicted molar refractivity (Wildman–Crippen MR) is 68.5 cm³/mol. The lowest BCUT2D eigenvalue weighted by molar-refractivity contribution is 0.230. The van der Waals surface area contributed by atoms with Gasteiger partial charge in [-0.25, -0.2) is 0 Å². The van der Waals surface area contributed by atoms with Crippen LogP contribution < -0.4 is 5.73 Å². The third-order valence-corrected chi connectivity index (χ3v) is 4.04. The van der Waals surface area contributed by atoms with Crippen molar-refractivity contribution in [2.45, 2.75) is 57.9 Å². The quantitative estimate of drug-likeness (QED) is 0.746. The Bertz CT molecular complexity index is 242. The monoisotopic (exact) mass is 223 g/mol. The summed E-state index contributed by atoms with van der Waals surface area (Å²) in [6, 6.07) is 0.609. The van der Waals surface area contributed by atoms with Crippen LogP contribution in [0.15, 0.2) is 4.99 Å². The Morgan fingerprint density at radius 2 is 1.94 bits per heavy atom. The van der Waals surface area contributed by atoms with Crippen molar-refractivity contribution in [1.82, 2.24) is 4.90 Å². The average Bonchev–Trinajstić information content (AvgIpc) is 2.55. The Labute approximate surface area is 99.1 Å². The number of guanidine groups is 1. The zero-order valence-electron chi connectivity index (χ0n) is 10.5. The molecule has 3 heteroatoms. The van der Waals surface area contributed by atoms with E-state index < -0.39 is 0 Å². The molecule has 1 saturated carbocycles. The lowest BCUT2D eigenvalue weighted by atomic mass is 9.91. The molecule has 0 aromatic carbocycles. The van der Waals surface area contributed by atoms with Gasteiger partial charge in [-0.1, -0.05) is 32.6 Å². The topological polar surface area (TPSA) is 41.6 Å². The fraction of sp³-hybridized carbons (Fsp3) is 0.923. The second-order valence-corrected chi connectivity index (χ2v) is 5.21. The molecule has 1 atom stereocenters. The molecule has 0 radical (unpaired) electrons. The summed E-state index contributed by atoms with van der Waals surface area (Å²) in [5.41, 5.74) is 5.98. The van der Waals surface area contributed by atoms with E-state index in [9.17, 15) is 0 Å². The number of hydrogen-bond acceptors (Lipinski definition) is 3. The van der Waals surface area contributed by atoms with Gasteiger partial charge < -0.3 is 10.6 Å². The van der Waals surface area contributed by atoms with Crippen LogP contribution in [0.25, 0.3) is 0 Å². The van der Waals surface area contributed by atoms with Crippen LogP contribution in [0.5, 0.6) is 0 Å². The summed E-state index contributed by atoms with van der Waals surface area (Å²) in [6.45, 7) is 4.24. The summed E-state index contributed by atoms with van der Waals surface area (Å²) in [4.78, 5) is 6.80. The van der Waals surface area contributed by atoms with E-state index >= 15 is 0 Å². The maximum Gasteiger partial charge on any atom is 0.191 e. The summed E-state index contributed by atoms with van der Waals surface area (Å²) < 4.78 is 0. The molecule has 0 bridgehead atoms. The van der Waals surface area contributed by atoms with E-state index in [1.165, 1.54) is 44.9 Å². The molecule has 0 amide bonds. The van der Waals surface area contributed by atoms with Crippen LogP contribution in [0, 0.1) is 5.92 Å². The minimum atomic E-state index is 0.609. The van der Waals surface area contributed by atoms with Gasteiger partial charge in [0.25, 0.3) is 0 Å². The summed E-state index contributed by atoms with van der Waals surface area (Å²) in [6.07, 6.45) is 9.59. The van der Waals surface area contributed by atoms with Crippen LogP contribution in [0.4, 0.5) is 0 Å². The van der Waals surface area contributed by atoms with E-state index in [0.717, 1.165) is 25.0 Å². The van der Waals surface area contributed by atoms with Gasteiger partial charge in [-0.2, -0.15) is 0 Å². The van der Waals surface area contributed by atoms with Gasteiger partial charge in [-0.05, 0) is 25.2 Å². The molecule has 2 aliphatic rings. The SMILES string of the molecule is CCCN1C(N)=NCC1C1CCCCCC1. The van der Waals surface area contributed by atoms with Gasteiger partial charge in [0.15, 0.2) is 5.96 Å². The van der Waals surface area contributed by atoms with E-state index in [4.69, 9.17) is 5.73 Å². The molecule has 3 nitrogen and oxygen atoms in total. The van der Waals surface area contributed by atoms with Crippen LogP contribution in [0.1, 0.15) is 51.9 Å². The zero-order valence-corrected chi connectivity index (χ0v) is 10.5. The Balaban J connectivity index is 1.97. The highest BCUT2D eigenvalue weighted by atomic mass is 15.3. The third kappa shape index (κ3) is 2.50. The second kappa shape index (κ2) is 5.55. The molecule has 92 valence electrons. The Hall–Kier alpha value is -0.730. The molecule has 0 spiro atoms. The van der Waals surface area contributed by atoms with E-state index in [1.807, 2.05) is 0 Å². The lowest BCUT2D eigenvalue weighted by Gasteiger charge is -2.32. The number of nitrogens with two attached hydrogens (primary N) is 1. The van der Waals surface area contributed by atoms with Crippen molar-refractivity contribution in [3.8, 4) is 0 Å². The normalized spacial score (nSPS) is 27.9. The standard InChI is InChI=1S/C13H25N3/c1-2-9-16-12(10-15-13(16)14)11-7-5-3-4-6-8-11/h11-12H,2-10H2,1H3,(H2,14,15). The summed E-state index contributed by atoms with van der Waals surface area (Å²) in [7, 11) is 0. The molecule has 1 fully saturated rings. The van der Waals surface area contributed by atoms with Gasteiger partial charge in [-0.3, -0.25) is 4.99 Å². The molecule has 2 N–H and O–H groups in total. The molecule has 16 heavy (non-hydrogen) atoms. The number of rotatable bonds is 3. The fourth-order valence-electron chi connectivity index (χ4n) is 3.17. The molecule has 1 aliphatic heterocycles. The van der Waals surface area contributed by atoms with Gasteiger partial charge in [0.2, 0.25) is 0 Å². The van der Waals surface area contributed by atoms with Crippen molar-refractivity contribution in [2.24, 2.45) is 16.6 Å². The van der Waals surface area contributed by atoms with Gasteiger partial charge in [0.1, 0.15) is 0 Å². The van der Waals surface area contributed by atoms with Crippen LogP contribution in [0.2, 0.25) is 0 Å². The molecule has 0 aromatic rings. The van der Waals surface area contributed by atoms with Gasteiger partial charge >= 0.3 is 0 Å². The van der Waals surface area contributed by atoms with Crippen LogP contribution in [0.3, 0.4) is 0 Å². The maximum absolute atomic E-state index is 5.98. The van der Waals surface area contributed by atoms with Crippen LogP contribution >= 0.6 is 0 Å². The molecule has 0 aromatic heterocycles. The Morgan fingerprint density at radius 1 is 1.25 bits per heavy atom. The largest absolute Gasteiger partial charge is 0.370 e. The highest BCUT2D eigenvalue weighted by molar-refractivity contribution is 5.80. The van der Waals surface area contributed by atoms with Crippen LogP contribution in [-0.2, 0) is 0 Å². The molecular formula is C13H25N3. The first-order chi connectivity index (χ1) is 7.83. The molecule has 1 heterocycles. The Kier molecular flexibility index (Phi) is 4.08. The lowest BCUT2D eigenvalue weighted by Crippen LogP contribution is -2.44. The molecule has 0 saturated heterocycles. The third-order valence-electron chi connectivity index (χ3n) is 4.04. The van der Waals surface area contributed by atoms with E-state index in [-0.39, 0.29) is 0 Å². The van der Waals surface area contributed by atoms with Crippen molar-refractivity contribution in [3.05, 3.63) is 0 Å². The Morgan fingerprint density at radius 3 is 2.56 bits per heavy atom. The minimum absolute atomic E-state index is 0.609. The van der Waals surface area contributed by atoms with E-state index in [0.29, 0.717) is 6.04 Å². The summed E-state index contributed by atoms with van der Waals surface area (Å²) in [5, 5.41) is 0. The smallest absolute Gasteiger partial charge is 0.191 e. The van der Waals surface area contributed by atoms with Crippen molar-refractivity contribution in [1.29, 1.82) is 0 Å². The van der Waals surface area contributed by atoms with Gasteiger partial charge in [0, 0.05) is 6.54 Å². The van der Waals surface area contributed by atoms with Crippen molar-refractivity contribution < 1.29 is 0 Å². The number of aliphatic imine (C=N–C) groups is 1. The maximum atomic E-state index is 5.98. The first-order valence-electron chi connectivity index (χ1n) is 6.89. The first-order valence-corrected chi connectivity index (χ1v) is 6.89. The average molecular weight is 223 g/mol. The first kappa shape index (κ1) is 11.7. The molecule has 1 unspecified atom stereocenters. The fourth-order valence-corrected chi connectivity index (χ4v) is 3.17. The van der Waals surface area contributed by atoms with Crippen molar-refractivity contribution in [3.63, 3.8) is 0 Å². The zero-order chi connectivity index (χ0) is 11.4.